The Morgan fingerprint density at radius 3 is 2.31 bits per heavy atom. The Labute approximate surface area is 233 Å². The average molecular weight is 563 g/mol. The lowest BCUT2D eigenvalue weighted by molar-refractivity contribution is -0.142. The summed E-state index contributed by atoms with van der Waals surface area (Å²) >= 11 is 1.50. The number of carbonyl (C=O) groups excluding carboxylic acids is 3. The second-order valence-electron chi connectivity index (χ2n) is 9.93. The first-order chi connectivity index (χ1) is 18.6. The number of unbranched alkanes of at least 4 members (excludes halogenated alkanes) is 1. The molecule has 12 heteroatoms. The fraction of sp³-hybridized carbons (Fsp3) is 0.556. The molecule has 2 aromatic rings. The van der Waals surface area contributed by atoms with Gasteiger partial charge in [0.25, 0.3) is 0 Å². The van der Waals surface area contributed by atoms with Crippen LogP contribution >= 0.6 is 11.8 Å². The number of aliphatic carboxylic acids is 1. The summed E-state index contributed by atoms with van der Waals surface area (Å²) in [6.45, 7) is 4.07. The highest BCUT2D eigenvalue weighted by Gasteiger charge is 2.31. The predicted molar refractivity (Wildman–Crippen MR) is 154 cm³/mol. The Kier molecular flexibility index (Phi) is 13.3. The molecule has 0 fully saturated rings. The van der Waals surface area contributed by atoms with Crippen LogP contribution in [0.3, 0.4) is 0 Å². The zero-order valence-electron chi connectivity index (χ0n) is 22.9. The van der Waals surface area contributed by atoms with E-state index in [0.717, 1.165) is 22.9 Å². The molecule has 1 aromatic heterocycles. The largest absolute Gasteiger partial charge is 0.480 e. The smallest absolute Gasteiger partial charge is 0.326 e. The molecule has 3 amide bonds. The van der Waals surface area contributed by atoms with E-state index in [4.69, 9.17) is 11.5 Å². The van der Waals surface area contributed by atoms with Crippen LogP contribution in [0.25, 0.3) is 10.9 Å². The van der Waals surface area contributed by atoms with Crippen LogP contribution in [-0.2, 0) is 25.6 Å². The van der Waals surface area contributed by atoms with Crippen molar-refractivity contribution in [2.24, 2.45) is 17.4 Å². The Balaban J connectivity index is 2.11. The van der Waals surface area contributed by atoms with E-state index in [0.29, 0.717) is 25.1 Å². The maximum atomic E-state index is 13.2. The number of hydrogen-bond donors (Lipinski definition) is 7. The van der Waals surface area contributed by atoms with Gasteiger partial charge in [-0.05, 0) is 55.4 Å². The topological polar surface area (TPSA) is 192 Å². The van der Waals surface area contributed by atoms with E-state index >= 15 is 0 Å². The lowest BCUT2D eigenvalue weighted by Crippen LogP contribution is -2.58. The van der Waals surface area contributed by atoms with Gasteiger partial charge in [-0.2, -0.15) is 11.8 Å². The van der Waals surface area contributed by atoms with Crippen molar-refractivity contribution in [3.8, 4) is 0 Å². The Morgan fingerprint density at radius 1 is 0.974 bits per heavy atom. The molecule has 0 aliphatic heterocycles. The third-order valence-electron chi connectivity index (χ3n) is 6.51. The van der Waals surface area contributed by atoms with Gasteiger partial charge < -0.3 is 37.5 Å². The molecule has 2 rings (SSSR count). The van der Waals surface area contributed by atoms with Crippen LogP contribution in [0.15, 0.2) is 30.5 Å². The number of thioether (sulfide) groups is 1. The van der Waals surface area contributed by atoms with Crippen LogP contribution < -0.4 is 27.4 Å². The zero-order chi connectivity index (χ0) is 28.9. The van der Waals surface area contributed by atoms with E-state index in [-0.39, 0.29) is 18.8 Å². The quantitative estimate of drug-likeness (QED) is 0.139. The van der Waals surface area contributed by atoms with E-state index in [2.05, 4.69) is 20.9 Å². The molecular weight excluding hydrogens is 520 g/mol. The number of hydrogen-bond acceptors (Lipinski definition) is 7. The number of amides is 3. The van der Waals surface area contributed by atoms with Gasteiger partial charge in [0.2, 0.25) is 17.7 Å². The SMILES string of the molecule is CSCCC(NC(=O)C(NC(=O)C(N)CCCCN)C(C)C)C(=O)NC(Cc1c[nH]c2ccccc12)C(=O)O. The molecule has 0 saturated heterocycles. The van der Waals surface area contributed by atoms with Crippen molar-refractivity contribution in [2.75, 3.05) is 18.6 Å². The van der Waals surface area contributed by atoms with Crippen LogP contribution in [-0.4, -0.2) is 76.5 Å². The number of rotatable bonds is 17. The number of carbonyl (C=O) groups is 4. The maximum Gasteiger partial charge on any atom is 0.326 e. The number of nitrogens with one attached hydrogen (secondary N) is 4. The molecule has 9 N–H and O–H groups in total. The number of carboxylic acids is 1. The number of H-pyrrole nitrogens is 1. The van der Waals surface area contributed by atoms with Crippen molar-refractivity contribution in [3.63, 3.8) is 0 Å². The molecule has 1 heterocycles. The minimum absolute atomic E-state index is 0.0704. The van der Waals surface area contributed by atoms with Crippen LogP contribution in [0.2, 0.25) is 0 Å². The van der Waals surface area contributed by atoms with Gasteiger partial charge in [-0.15, -0.1) is 0 Å². The number of aromatic nitrogens is 1. The van der Waals surface area contributed by atoms with Gasteiger partial charge in [-0.3, -0.25) is 14.4 Å². The second kappa shape index (κ2) is 16.1. The molecule has 0 aliphatic rings. The van der Waals surface area contributed by atoms with Crippen molar-refractivity contribution >= 4 is 46.4 Å². The van der Waals surface area contributed by atoms with Gasteiger partial charge in [0.05, 0.1) is 6.04 Å². The first kappa shape index (κ1) is 32.1. The number of para-hydroxylation sites is 1. The molecule has 39 heavy (non-hydrogen) atoms. The molecule has 0 spiro atoms. The summed E-state index contributed by atoms with van der Waals surface area (Å²) in [7, 11) is 0. The number of nitrogens with two attached hydrogens (primary N) is 2. The Bertz CT molecular complexity index is 1110. The monoisotopic (exact) mass is 562 g/mol. The molecule has 4 unspecified atom stereocenters. The molecule has 0 radical (unpaired) electrons. The number of aromatic amines is 1. The van der Waals surface area contributed by atoms with E-state index in [1.54, 1.807) is 20.0 Å². The average Bonchev–Trinajstić information content (AvgIpc) is 3.31. The molecule has 0 bridgehead atoms. The summed E-state index contributed by atoms with van der Waals surface area (Å²) in [5.41, 5.74) is 13.1. The summed E-state index contributed by atoms with van der Waals surface area (Å²) < 4.78 is 0. The lowest BCUT2D eigenvalue weighted by atomic mass is 10.0. The highest BCUT2D eigenvalue weighted by molar-refractivity contribution is 7.98. The van der Waals surface area contributed by atoms with E-state index < -0.39 is 47.9 Å². The van der Waals surface area contributed by atoms with Crippen molar-refractivity contribution < 1.29 is 24.3 Å². The van der Waals surface area contributed by atoms with Crippen LogP contribution in [0.5, 0.6) is 0 Å². The molecule has 4 atom stereocenters. The van der Waals surface area contributed by atoms with Gasteiger partial charge in [-0.1, -0.05) is 38.5 Å². The lowest BCUT2D eigenvalue weighted by Gasteiger charge is -2.27. The minimum atomic E-state index is -1.20. The Morgan fingerprint density at radius 2 is 1.67 bits per heavy atom. The van der Waals surface area contributed by atoms with Gasteiger partial charge >= 0.3 is 5.97 Å². The Hall–Kier alpha value is -3.09. The van der Waals surface area contributed by atoms with Crippen molar-refractivity contribution in [2.45, 2.75) is 70.1 Å². The van der Waals surface area contributed by atoms with Crippen LogP contribution in [0.4, 0.5) is 0 Å². The third kappa shape index (κ3) is 9.86. The van der Waals surface area contributed by atoms with Crippen LogP contribution in [0, 0.1) is 5.92 Å². The molecule has 11 nitrogen and oxygen atoms in total. The normalized spacial score (nSPS) is 14.4. The number of carboxylic acid groups (broad SMARTS) is 1. The maximum absolute atomic E-state index is 13.2. The predicted octanol–water partition coefficient (Wildman–Crippen LogP) is 1.11. The summed E-state index contributed by atoms with van der Waals surface area (Å²) in [5.74, 6) is -2.48. The van der Waals surface area contributed by atoms with Gasteiger partial charge in [0.15, 0.2) is 0 Å². The van der Waals surface area contributed by atoms with Crippen LogP contribution in [0.1, 0.15) is 45.1 Å². The first-order valence-electron chi connectivity index (χ1n) is 13.2. The summed E-state index contributed by atoms with van der Waals surface area (Å²) in [6.07, 6.45) is 5.86. The highest BCUT2D eigenvalue weighted by Crippen LogP contribution is 2.19. The highest BCUT2D eigenvalue weighted by atomic mass is 32.2. The molecule has 0 saturated carbocycles. The van der Waals surface area contributed by atoms with E-state index in [1.807, 2.05) is 30.5 Å². The number of benzene rings is 1. The third-order valence-corrected chi connectivity index (χ3v) is 7.15. The zero-order valence-corrected chi connectivity index (χ0v) is 23.7. The summed E-state index contributed by atoms with van der Waals surface area (Å²) in [6, 6.07) is 3.64. The molecule has 216 valence electrons. The van der Waals surface area contributed by atoms with Gasteiger partial charge in [0.1, 0.15) is 18.1 Å². The minimum Gasteiger partial charge on any atom is -0.480 e. The molecule has 0 aliphatic carbocycles. The molecular formula is C27H42N6O5S. The fourth-order valence-electron chi connectivity index (χ4n) is 4.19. The van der Waals surface area contributed by atoms with Gasteiger partial charge in [-0.25, -0.2) is 4.79 Å². The van der Waals surface area contributed by atoms with Crippen molar-refractivity contribution in [3.05, 3.63) is 36.0 Å². The standard InChI is InChI=1S/C27H42N6O5S/c1-16(2)23(33-24(34)19(29)9-6-7-12-28)26(36)31-21(11-13-39-3)25(35)32-22(27(37)38)14-17-15-30-20-10-5-4-8-18(17)20/h4-5,8,10,15-16,19,21-23,30H,6-7,9,11-14,28-29H2,1-3H3,(H,31,36)(H,32,35)(H,33,34)(H,37,38). The fourth-order valence-corrected chi connectivity index (χ4v) is 4.67. The second-order valence-corrected chi connectivity index (χ2v) is 10.9. The van der Waals surface area contributed by atoms with Crippen molar-refractivity contribution in [1.82, 2.24) is 20.9 Å². The number of fused-ring (bicyclic) bond motifs is 1. The summed E-state index contributed by atoms with van der Waals surface area (Å²) in [5, 5.41) is 18.7. The van der Waals surface area contributed by atoms with E-state index in [9.17, 15) is 24.3 Å². The summed E-state index contributed by atoms with van der Waals surface area (Å²) in [4.78, 5) is 54.2. The first-order valence-corrected chi connectivity index (χ1v) is 14.6. The van der Waals surface area contributed by atoms with Gasteiger partial charge in [0, 0.05) is 23.5 Å². The van der Waals surface area contributed by atoms with E-state index in [1.165, 1.54) is 11.8 Å². The molecule has 1 aromatic carbocycles. The van der Waals surface area contributed by atoms with Crippen molar-refractivity contribution in [1.29, 1.82) is 0 Å².